The molecule has 7 nitrogen and oxygen atoms in total. The van der Waals surface area contributed by atoms with Gasteiger partial charge in [0.25, 0.3) is 0 Å². The zero-order valence-electron chi connectivity index (χ0n) is 13.7. The number of hydrogen-bond acceptors (Lipinski definition) is 6. The number of hydrogen-bond donors (Lipinski definition) is 0. The third-order valence-electron chi connectivity index (χ3n) is 4.47. The number of fused-ring (bicyclic) bond motifs is 1. The summed E-state index contributed by atoms with van der Waals surface area (Å²) in [6, 6.07) is 9.68. The molecule has 2 aromatic heterocycles. The molecule has 0 spiro atoms. The smallest absolute Gasteiger partial charge is 0.220 e. The van der Waals surface area contributed by atoms with E-state index in [1.54, 1.807) is 12.3 Å². The van der Waals surface area contributed by atoms with Gasteiger partial charge in [-0.2, -0.15) is 4.31 Å². The van der Waals surface area contributed by atoms with Gasteiger partial charge in [0, 0.05) is 44.2 Å². The van der Waals surface area contributed by atoms with Crippen molar-refractivity contribution in [3.05, 3.63) is 54.1 Å². The van der Waals surface area contributed by atoms with Crippen LogP contribution in [0, 0.1) is 0 Å². The predicted octanol–water partition coefficient (Wildman–Crippen LogP) is 2.07. The van der Waals surface area contributed by atoms with E-state index in [2.05, 4.69) is 22.2 Å². The molecule has 0 aliphatic carbocycles. The standard InChI is InChI=1S/C17H19N3O4S/c21-25(22,13-16-4-10-24-18-16)20-7-5-19(6-8-20)12-14-1-2-17-15(11-14)3-9-23-17/h1-4,9-11H,5-8,12-13H2. The first-order valence-corrected chi connectivity index (χ1v) is 9.77. The maximum absolute atomic E-state index is 12.5. The molecule has 8 heteroatoms. The van der Waals surface area contributed by atoms with Crippen LogP contribution < -0.4 is 0 Å². The minimum Gasteiger partial charge on any atom is -0.464 e. The normalized spacial score (nSPS) is 17.3. The Bertz CT molecular complexity index is 941. The Balaban J connectivity index is 1.36. The Labute approximate surface area is 145 Å². The van der Waals surface area contributed by atoms with Crippen LogP contribution in [0.4, 0.5) is 0 Å². The first-order chi connectivity index (χ1) is 12.1. The lowest BCUT2D eigenvalue weighted by Gasteiger charge is -2.33. The van der Waals surface area contributed by atoms with Gasteiger partial charge in [-0.3, -0.25) is 4.90 Å². The zero-order valence-corrected chi connectivity index (χ0v) is 14.5. The van der Waals surface area contributed by atoms with E-state index in [0.29, 0.717) is 31.9 Å². The summed E-state index contributed by atoms with van der Waals surface area (Å²) in [4.78, 5) is 2.27. The molecule has 0 unspecified atom stereocenters. The molecule has 0 amide bonds. The summed E-state index contributed by atoms with van der Waals surface area (Å²) >= 11 is 0. The summed E-state index contributed by atoms with van der Waals surface area (Å²) in [7, 11) is -3.35. The summed E-state index contributed by atoms with van der Waals surface area (Å²) in [6.45, 7) is 3.21. The largest absolute Gasteiger partial charge is 0.464 e. The molecule has 132 valence electrons. The molecular formula is C17H19N3O4S. The highest BCUT2D eigenvalue weighted by molar-refractivity contribution is 7.88. The van der Waals surface area contributed by atoms with E-state index in [1.165, 1.54) is 16.1 Å². The van der Waals surface area contributed by atoms with Gasteiger partial charge in [0.15, 0.2) is 0 Å². The van der Waals surface area contributed by atoms with E-state index in [4.69, 9.17) is 8.94 Å². The van der Waals surface area contributed by atoms with E-state index in [-0.39, 0.29) is 5.75 Å². The highest BCUT2D eigenvalue weighted by atomic mass is 32.2. The number of rotatable bonds is 5. The number of benzene rings is 1. The summed E-state index contributed by atoms with van der Waals surface area (Å²) in [5.41, 5.74) is 2.52. The summed E-state index contributed by atoms with van der Waals surface area (Å²) in [5, 5.41) is 4.78. The van der Waals surface area contributed by atoms with Crippen LogP contribution in [0.15, 0.2) is 51.8 Å². The van der Waals surface area contributed by atoms with Gasteiger partial charge in [-0.15, -0.1) is 0 Å². The molecule has 0 atom stereocenters. The number of piperazine rings is 1. The van der Waals surface area contributed by atoms with Gasteiger partial charge < -0.3 is 8.94 Å². The Hall–Kier alpha value is -2.16. The zero-order chi connectivity index (χ0) is 17.3. The van der Waals surface area contributed by atoms with Crippen LogP contribution in [-0.2, 0) is 22.3 Å². The summed E-state index contributed by atoms with van der Waals surface area (Å²) in [6.07, 6.45) is 3.08. The second-order valence-electron chi connectivity index (χ2n) is 6.21. The molecule has 1 aromatic carbocycles. The van der Waals surface area contributed by atoms with Gasteiger partial charge in [-0.25, -0.2) is 8.42 Å². The van der Waals surface area contributed by atoms with Gasteiger partial charge in [0.05, 0.1) is 12.0 Å². The Morgan fingerprint density at radius 1 is 1.04 bits per heavy atom. The van der Waals surface area contributed by atoms with Gasteiger partial charge in [0.2, 0.25) is 10.0 Å². The second-order valence-corrected chi connectivity index (χ2v) is 8.18. The predicted molar refractivity (Wildman–Crippen MR) is 92.2 cm³/mol. The Kier molecular flexibility index (Phi) is 4.32. The molecule has 3 heterocycles. The van der Waals surface area contributed by atoms with Crippen molar-refractivity contribution in [2.45, 2.75) is 12.3 Å². The van der Waals surface area contributed by atoms with Crippen molar-refractivity contribution < 1.29 is 17.4 Å². The third-order valence-corrected chi connectivity index (χ3v) is 6.28. The fraction of sp³-hybridized carbons (Fsp3) is 0.353. The molecule has 1 aliphatic heterocycles. The van der Waals surface area contributed by atoms with E-state index < -0.39 is 10.0 Å². The molecule has 4 rings (SSSR count). The van der Waals surface area contributed by atoms with Crippen LogP contribution in [-0.4, -0.2) is 49.0 Å². The van der Waals surface area contributed by atoms with Crippen molar-refractivity contribution in [1.29, 1.82) is 0 Å². The van der Waals surface area contributed by atoms with Gasteiger partial charge >= 0.3 is 0 Å². The lowest BCUT2D eigenvalue weighted by Crippen LogP contribution is -2.48. The highest BCUT2D eigenvalue weighted by Crippen LogP contribution is 2.19. The topological polar surface area (TPSA) is 79.8 Å². The monoisotopic (exact) mass is 361 g/mol. The fourth-order valence-electron chi connectivity index (χ4n) is 3.13. The van der Waals surface area contributed by atoms with Crippen molar-refractivity contribution in [2.75, 3.05) is 26.2 Å². The minimum absolute atomic E-state index is 0.110. The van der Waals surface area contributed by atoms with E-state index in [1.807, 2.05) is 12.1 Å². The number of nitrogens with zero attached hydrogens (tertiary/aromatic N) is 3. The number of aromatic nitrogens is 1. The second kappa shape index (κ2) is 6.62. The molecular weight excluding hydrogens is 342 g/mol. The van der Waals surface area contributed by atoms with Crippen molar-refractivity contribution in [2.24, 2.45) is 0 Å². The van der Waals surface area contributed by atoms with E-state index >= 15 is 0 Å². The van der Waals surface area contributed by atoms with E-state index in [9.17, 15) is 8.42 Å². The molecule has 0 radical (unpaired) electrons. The lowest BCUT2D eigenvalue weighted by atomic mass is 10.1. The molecule has 0 bridgehead atoms. The number of furan rings is 1. The third kappa shape index (κ3) is 3.60. The summed E-state index contributed by atoms with van der Waals surface area (Å²) in [5.74, 6) is -0.110. The summed E-state index contributed by atoms with van der Waals surface area (Å²) < 4.78 is 36.5. The Morgan fingerprint density at radius 3 is 2.64 bits per heavy atom. The van der Waals surface area contributed by atoms with Gasteiger partial charge in [-0.1, -0.05) is 11.2 Å². The molecule has 1 fully saturated rings. The van der Waals surface area contributed by atoms with Crippen molar-refractivity contribution >= 4 is 21.0 Å². The van der Waals surface area contributed by atoms with Crippen molar-refractivity contribution in [3.63, 3.8) is 0 Å². The Morgan fingerprint density at radius 2 is 1.88 bits per heavy atom. The fourth-order valence-corrected chi connectivity index (χ4v) is 4.55. The van der Waals surface area contributed by atoms with Crippen molar-refractivity contribution in [1.82, 2.24) is 14.4 Å². The lowest BCUT2D eigenvalue weighted by molar-refractivity contribution is 0.181. The average Bonchev–Trinajstić information content (AvgIpc) is 3.26. The van der Waals surface area contributed by atoms with Crippen LogP contribution in [0.2, 0.25) is 0 Å². The molecule has 25 heavy (non-hydrogen) atoms. The molecule has 0 N–H and O–H groups in total. The van der Waals surface area contributed by atoms with Crippen LogP contribution in [0.3, 0.4) is 0 Å². The van der Waals surface area contributed by atoms with Crippen molar-refractivity contribution in [3.8, 4) is 0 Å². The average molecular weight is 361 g/mol. The van der Waals surface area contributed by atoms with Crippen LogP contribution in [0.5, 0.6) is 0 Å². The van der Waals surface area contributed by atoms with Crippen LogP contribution in [0.1, 0.15) is 11.3 Å². The maximum atomic E-state index is 12.5. The van der Waals surface area contributed by atoms with Gasteiger partial charge in [-0.05, 0) is 23.8 Å². The molecule has 1 saturated heterocycles. The molecule has 0 saturated carbocycles. The van der Waals surface area contributed by atoms with Crippen LogP contribution in [0.25, 0.3) is 11.0 Å². The molecule has 3 aromatic rings. The highest BCUT2D eigenvalue weighted by Gasteiger charge is 2.27. The first-order valence-electron chi connectivity index (χ1n) is 8.16. The first kappa shape index (κ1) is 16.3. The maximum Gasteiger partial charge on any atom is 0.220 e. The van der Waals surface area contributed by atoms with Gasteiger partial charge in [0.1, 0.15) is 17.6 Å². The SMILES string of the molecule is O=S(=O)(Cc1ccon1)N1CCN(Cc2ccc3occc3c2)CC1. The van der Waals surface area contributed by atoms with E-state index in [0.717, 1.165) is 17.5 Å². The van der Waals surface area contributed by atoms with Crippen LogP contribution >= 0.6 is 0 Å². The molecule has 1 aliphatic rings. The quantitative estimate of drug-likeness (QED) is 0.692. The number of sulfonamides is 1. The minimum atomic E-state index is -3.35.